The van der Waals surface area contributed by atoms with Gasteiger partial charge in [-0.3, -0.25) is 4.79 Å². The lowest BCUT2D eigenvalue weighted by molar-refractivity contribution is -0.146. The monoisotopic (exact) mass is 254 g/mol. The normalized spacial score (nSPS) is 35.3. The van der Waals surface area contributed by atoms with Gasteiger partial charge in [0.1, 0.15) is 6.04 Å². The van der Waals surface area contributed by atoms with Crippen LogP contribution in [0.3, 0.4) is 0 Å². The number of esters is 1. The molecule has 5 heteroatoms. The molecule has 3 N–H and O–H groups in total. The summed E-state index contributed by atoms with van der Waals surface area (Å²) in [6.45, 7) is 1.85. The van der Waals surface area contributed by atoms with E-state index < -0.39 is 6.04 Å². The molecule has 2 aliphatic carbocycles. The zero-order valence-electron chi connectivity index (χ0n) is 11.0. The van der Waals surface area contributed by atoms with Crippen molar-refractivity contribution in [1.82, 2.24) is 5.32 Å². The number of fused-ring (bicyclic) bond motifs is 2. The minimum atomic E-state index is -0.547. The van der Waals surface area contributed by atoms with Crippen LogP contribution in [0, 0.1) is 17.8 Å². The molecule has 0 aliphatic heterocycles. The van der Waals surface area contributed by atoms with Crippen molar-refractivity contribution in [2.45, 2.75) is 44.7 Å². The first kappa shape index (κ1) is 13.3. The summed E-state index contributed by atoms with van der Waals surface area (Å²) in [5.41, 5.74) is 6.11. The highest BCUT2D eigenvalue weighted by atomic mass is 16.5. The molecule has 18 heavy (non-hydrogen) atoms. The van der Waals surface area contributed by atoms with Crippen molar-refractivity contribution in [1.29, 1.82) is 0 Å². The summed E-state index contributed by atoms with van der Waals surface area (Å²) in [7, 11) is 1.33. The average Bonchev–Trinajstić information content (AvgIpc) is 2.95. The van der Waals surface area contributed by atoms with E-state index in [1.54, 1.807) is 0 Å². The van der Waals surface area contributed by atoms with Crippen molar-refractivity contribution in [3.63, 3.8) is 0 Å². The van der Waals surface area contributed by atoms with Crippen LogP contribution in [-0.4, -0.2) is 31.1 Å². The van der Waals surface area contributed by atoms with Crippen molar-refractivity contribution in [3.05, 3.63) is 0 Å². The molecule has 0 aromatic rings. The Balaban J connectivity index is 1.97. The molecule has 1 amide bonds. The van der Waals surface area contributed by atoms with Crippen LogP contribution in [0.4, 0.5) is 0 Å². The predicted molar refractivity (Wildman–Crippen MR) is 66.5 cm³/mol. The molecule has 5 unspecified atom stereocenters. The predicted octanol–water partition coefficient (Wildman–Crippen LogP) is 0.428. The largest absolute Gasteiger partial charge is 0.467 e. The maximum Gasteiger partial charge on any atom is 0.328 e. The molecule has 0 radical (unpaired) electrons. The number of nitrogens with one attached hydrogen (secondary N) is 1. The van der Waals surface area contributed by atoms with E-state index in [2.05, 4.69) is 10.1 Å². The SMILES string of the molecule is CCC(NC(=O)C1C2CCC(C2)C1N)C(=O)OC. The maximum absolute atomic E-state index is 12.2. The van der Waals surface area contributed by atoms with Crippen molar-refractivity contribution in [3.8, 4) is 0 Å². The van der Waals surface area contributed by atoms with Crippen LogP contribution in [-0.2, 0) is 14.3 Å². The Morgan fingerprint density at radius 3 is 2.56 bits per heavy atom. The van der Waals surface area contributed by atoms with E-state index in [1.165, 1.54) is 7.11 Å². The molecule has 5 atom stereocenters. The molecule has 2 fully saturated rings. The quantitative estimate of drug-likeness (QED) is 0.713. The first-order valence-corrected chi connectivity index (χ1v) is 6.72. The zero-order chi connectivity index (χ0) is 13.3. The van der Waals surface area contributed by atoms with Crippen LogP contribution in [0.15, 0.2) is 0 Å². The lowest BCUT2D eigenvalue weighted by Crippen LogP contribution is -2.50. The zero-order valence-corrected chi connectivity index (χ0v) is 11.0. The molecule has 0 spiro atoms. The molecule has 2 bridgehead atoms. The Kier molecular flexibility index (Phi) is 3.90. The van der Waals surface area contributed by atoms with E-state index in [4.69, 9.17) is 5.73 Å². The first-order chi connectivity index (χ1) is 8.58. The van der Waals surface area contributed by atoms with Gasteiger partial charge in [0.2, 0.25) is 5.91 Å². The molecular weight excluding hydrogens is 232 g/mol. The van der Waals surface area contributed by atoms with Gasteiger partial charge in [-0.05, 0) is 37.5 Å². The molecular formula is C13H22N2O3. The summed E-state index contributed by atoms with van der Waals surface area (Å²) < 4.78 is 4.67. The van der Waals surface area contributed by atoms with Crippen molar-refractivity contribution < 1.29 is 14.3 Å². The molecule has 2 saturated carbocycles. The maximum atomic E-state index is 12.2. The number of rotatable bonds is 4. The summed E-state index contributed by atoms with van der Waals surface area (Å²) in [5.74, 6) is 0.307. The molecule has 102 valence electrons. The fourth-order valence-electron chi connectivity index (χ4n) is 3.46. The van der Waals surface area contributed by atoms with Gasteiger partial charge in [-0.25, -0.2) is 4.79 Å². The van der Waals surface area contributed by atoms with Gasteiger partial charge in [-0.2, -0.15) is 0 Å². The Labute approximate surface area is 107 Å². The molecule has 0 aromatic heterocycles. The number of ether oxygens (including phenoxy) is 1. The Hall–Kier alpha value is -1.10. The van der Waals surface area contributed by atoms with Crippen molar-refractivity contribution in [2.75, 3.05) is 7.11 Å². The smallest absolute Gasteiger partial charge is 0.328 e. The van der Waals surface area contributed by atoms with Gasteiger partial charge < -0.3 is 15.8 Å². The highest BCUT2D eigenvalue weighted by Gasteiger charge is 2.49. The first-order valence-electron chi connectivity index (χ1n) is 6.72. The third-order valence-corrected chi connectivity index (χ3v) is 4.49. The number of methoxy groups -OCH3 is 1. The summed E-state index contributed by atoms with van der Waals surface area (Å²) in [6, 6.07) is -0.590. The molecule has 0 saturated heterocycles. The second-order valence-corrected chi connectivity index (χ2v) is 5.43. The van der Waals surface area contributed by atoms with Crippen molar-refractivity contribution in [2.24, 2.45) is 23.5 Å². The van der Waals surface area contributed by atoms with Crippen LogP contribution < -0.4 is 11.1 Å². The molecule has 5 nitrogen and oxygen atoms in total. The minimum absolute atomic E-state index is 0.0427. The number of hydrogen-bond donors (Lipinski definition) is 2. The van der Waals surface area contributed by atoms with E-state index in [0.29, 0.717) is 18.3 Å². The van der Waals surface area contributed by atoms with Crippen LogP contribution in [0.5, 0.6) is 0 Å². The Bertz CT molecular complexity index is 343. The summed E-state index contributed by atoms with van der Waals surface area (Å²) >= 11 is 0. The van der Waals surface area contributed by atoms with E-state index in [9.17, 15) is 9.59 Å². The van der Waals surface area contributed by atoms with E-state index >= 15 is 0 Å². The number of carbonyl (C=O) groups excluding carboxylic acids is 2. The second kappa shape index (κ2) is 5.26. The number of hydrogen-bond acceptors (Lipinski definition) is 4. The van der Waals surface area contributed by atoms with Gasteiger partial charge >= 0.3 is 5.97 Å². The minimum Gasteiger partial charge on any atom is -0.467 e. The summed E-state index contributed by atoms with van der Waals surface area (Å²) in [6.07, 6.45) is 3.83. The molecule has 2 rings (SSSR count). The van der Waals surface area contributed by atoms with Crippen LogP contribution in [0.25, 0.3) is 0 Å². The topological polar surface area (TPSA) is 81.4 Å². The highest BCUT2D eigenvalue weighted by molar-refractivity contribution is 5.86. The third kappa shape index (κ3) is 2.23. The lowest BCUT2D eigenvalue weighted by atomic mass is 9.84. The van der Waals surface area contributed by atoms with Gasteiger partial charge in [0.05, 0.1) is 13.0 Å². The fourth-order valence-corrected chi connectivity index (χ4v) is 3.46. The fraction of sp³-hybridized carbons (Fsp3) is 0.846. The third-order valence-electron chi connectivity index (χ3n) is 4.49. The van der Waals surface area contributed by atoms with Crippen molar-refractivity contribution >= 4 is 11.9 Å². The van der Waals surface area contributed by atoms with Crippen LogP contribution in [0.2, 0.25) is 0 Å². The molecule has 2 aliphatic rings. The van der Waals surface area contributed by atoms with E-state index in [-0.39, 0.29) is 23.8 Å². The van der Waals surface area contributed by atoms with E-state index in [0.717, 1.165) is 19.3 Å². The van der Waals surface area contributed by atoms with Gasteiger partial charge in [0, 0.05) is 6.04 Å². The average molecular weight is 254 g/mol. The number of carbonyl (C=O) groups is 2. The second-order valence-electron chi connectivity index (χ2n) is 5.43. The van der Waals surface area contributed by atoms with Crippen LogP contribution in [0.1, 0.15) is 32.6 Å². The van der Waals surface area contributed by atoms with Gasteiger partial charge in [-0.1, -0.05) is 6.92 Å². The Morgan fingerprint density at radius 1 is 1.39 bits per heavy atom. The van der Waals surface area contributed by atoms with Gasteiger partial charge in [0.15, 0.2) is 0 Å². The Morgan fingerprint density at radius 2 is 2.06 bits per heavy atom. The number of nitrogens with two attached hydrogens (primary N) is 1. The number of amides is 1. The highest BCUT2D eigenvalue weighted by Crippen LogP contribution is 2.47. The molecule has 0 heterocycles. The standard InChI is InChI=1S/C13H22N2O3/c1-3-9(13(17)18-2)15-12(16)10-7-4-5-8(6-7)11(10)14/h7-11H,3-6,14H2,1-2H3,(H,15,16). The summed E-state index contributed by atoms with van der Waals surface area (Å²) in [4.78, 5) is 23.7. The summed E-state index contributed by atoms with van der Waals surface area (Å²) in [5, 5.41) is 2.78. The lowest BCUT2D eigenvalue weighted by Gasteiger charge is -2.28. The van der Waals surface area contributed by atoms with Gasteiger partial charge in [-0.15, -0.1) is 0 Å². The van der Waals surface area contributed by atoms with E-state index in [1.807, 2.05) is 6.92 Å². The molecule has 0 aromatic carbocycles. The van der Waals surface area contributed by atoms with Gasteiger partial charge in [0.25, 0.3) is 0 Å². The van der Waals surface area contributed by atoms with Crippen LogP contribution >= 0.6 is 0 Å².